The molecule has 0 saturated carbocycles. The molecule has 0 saturated heterocycles. The van der Waals surface area contributed by atoms with Gasteiger partial charge in [-0.2, -0.15) is 0 Å². The average molecular weight is 490 g/mol. The van der Waals surface area contributed by atoms with E-state index in [0.717, 1.165) is 4.90 Å². The number of amides is 2. The number of nitrogens with one attached hydrogen (secondary N) is 2. The molecule has 32 heavy (non-hydrogen) atoms. The Morgan fingerprint density at radius 2 is 1.72 bits per heavy atom. The van der Waals surface area contributed by atoms with E-state index in [2.05, 4.69) is 10.6 Å². The Hall–Kier alpha value is -3.07. The number of benzene rings is 3. The zero-order valence-electron chi connectivity index (χ0n) is 16.7. The molecule has 0 aliphatic rings. The molecule has 0 aliphatic heterocycles. The van der Waals surface area contributed by atoms with Crippen molar-refractivity contribution in [3.63, 3.8) is 0 Å². The van der Waals surface area contributed by atoms with Gasteiger partial charge in [0, 0.05) is 33.3 Å². The van der Waals surface area contributed by atoms with Crippen molar-refractivity contribution in [2.75, 3.05) is 10.6 Å². The molecule has 1 unspecified atom stereocenters. The molecule has 0 heterocycles. The van der Waals surface area contributed by atoms with Gasteiger partial charge in [-0.05, 0) is 55.5 Å². The lowest BCUT2D eigenvalue weighted by atomic mass is 10.2. The van der Waals surface area contributed by atoms with E-state index in [-0.39, 0.29) is 17.2 Å². The van der Waals surface area contributed by atoms with Crippen LogP contribution in [0.5, 0.6) is 0 Å². The second-order valence-electron chi connectivity index (χ2n) is 6.66. The van der Waals surface area contributed by atoms with Gasteiger partial charge in [-0.25, -0.2) is 0 Å². The summed E-state index contributed by atoms with van der Waals surface area (Å²) in [5.74, 6) is -0.692. The number of thioether (sulfide) groups is 1. The van der Waals surface area contributed by atoms with Gasteiger partial charge in [0.25, 0.3) is 11.6 Å². The third kappa shape index (κ3) is 6.23. The highest BCUT2D eigenvalue weighted by Gasteiger charge is 2.16. The normalized spacial score (nSPS) is 11.5. The highest BCUT2D eigenvalue weighted by atomic mass is 35.5. The number of carbonyl (C=O) groups excluding carboxylic acids is 2. The monoisotopic (exact) mass is 489 g/mol. The first-order chi connectivity index (χ1) is 15.2. The predicted molar refractivity (Wildman–Crippen MR) is 128 cm³/mol. The second-order valence-corrected chi connectivity index (χ2v) is 8.92. The number of nitro groups is 1. The van der Waals surface area contributed by atoms with Gasteiger partial charge in [0.1, 0.15) is 0 Å². The summed E-state index contributed by atoms with van der Waals surface area (Å²) in [6, 6.07) is 17.2. The Bertz CT molecular complexity index is 1170. The van der Waals surface area contributed by atoms with Crippen LogP contribution in [0.3, 0.4) is 0 Å². The van der Waals surface area contributed by atoms with Crippen molar-refractivity contribution in [2.45, 2.75) is 17.1 Å². The van der Waals surface area contributed by atoms with Crippen molar-refractivity contribution < 1.29 is 14.5 Å². The molecule has 10 heteroatoms. The molecule has 0 bridgehead atoms. The Kier molecular flexibility index (Phi) is 7.74. The fourth-order valence-electron chi connectivity index (χ4n) is 2.67. The molecule has 0 aromatic heterocycles. The molecular weight excluding hydrogens is 473 g/mol. The molecule has 164 valence electrons. The molecule has 0 spiro atoms. The van der Waals surface area contributed by atoms with Crippen LogP contribution >= 0.6 is 35.0 Å². The molecule has 3 aromatic rings. The largest absolute Gasteiger partial charge is 0.324 e. The minimum Gasteiger partial charge on any atom is -0.324 e. The number of rotatable bonds is 7. The van der Waals surface area contributed by atoms with Crippen LogP contribution in [0, 0.1) is 10.1 Å². The summed E-state index contributed by atoms with van der Waals surface area (Å²) in [4.78, 5) is 36.0. The van der Waals surface area contributed by atoms with Gasteiger partial charge >= 0.3 is 0 Å². The Labute approximate surface area is 198 Å². The van der Waals surface area contributed by atoms with E-state index in [1.165, 1.54) is 36.0 Å². The van der Waals surface area contributed by atoms with Crippen LogP contribution in [0.4, 0.5) is 17.1 Å². The van der Waals surface area contributed by atoms with E-state index in [9.17, 15) is 19.7 Å². The smallest absolute Gasteiger partial charge is 0.270 e. The molecule has 0 aliphatic carbocycles. The summed E-state index contributed by atoms with van der Waals surface area (Å²) in [6.07, 6.45) is 0. The van der Waals surface area contributed by atoms with Gasteiger partial charge in [-0.1, -0.05) is 29.3 Å². The van der Waals surface area contributed by atoms with E-state index in [1.54, 1.807) is 49.4 Å². The summed E-state index contributed by atoms with van der Waals surface area (Å²) in [5, 5.41) is 16.8. The molecule has 0 radical (unpaired) electrons. The third-order valence-electron chi connectivity index (χ3n) is 4.30. The number of nitrogens with zero attached hydrogens (tertiary/aromatic N) is 1. The van der Waals surface area contributed by atoms with Crippen LogP contribution in [0.15, 0.2) is 71.6 Å². The zero-order valence-corrected chi connectivity index (χ0v) is 19.0. The van der Waals surface area contributed by atoms with Gasteiger partial charge in [0.05, 0.1) is 20.9 Å². The molecule has 3 rings (SSSR count). The first-order valence-electron chi connectivity index (χ1n) is 9.31. The van der Waals surface area contributed by atoms with Crippen LogP contribution in [-0.4, -0.2) is 22.0 Å². The number of non-ortho nitro benzene ring substituents is 1. The number of hydrogen-bond acceptors (Lipinski definition) is 5. The third-order valence-corrected chi connectivity index (χ3v) is 5.98. The van der Waals surface area contributed by atoms with Crippen molar-refractivity contribution in [2.24, 2.45) is 0 Å². The average Bonchev–Trinajstić information content (AvgIpc) is 2.77. The Morgan fingerprint density at radius 3 is 2.41 bits per heavy atom. The highest BCUT2D eigenvalue weighted by Crippen LogP contribution is 2.29. The Morgan fingerprint density at radius 1 is 1.00 bits per heavy atom. The highest BCUT2D eigenvalue weighted by molar-refractivity contribution is 8.00. The first-order valence-corrected chi connectivity index (χ1v) is 10.9. The molecule has 1 atom stereocenters. The maximum absolute atomic E-state index is 12.5. The van der Waals surface area contributed by atoms with Crippen molar-refractivity contribution in [3.8, 4) is 0 Å². The number of anilines is 2. The maximum Gasteiger partial charge on any atom is 0.270 e. The summed E-state index contributed by atoms with van der Waals surface area (Å²) >= 11 is 13.4. The van der Waals surface area contributed by atoms with E-state index >= 15 is 0 Å². The number of hydrogen-bond donors (Lipinski definition) is 2. The summed E-state index contributed by atoms with van der Waals surface area (Å²) in [6.45, 7) is 1.76. The topological polar surface area (TPSA) is 101 Å². The maximum atomic E-state index is 12.5. The van der Waals surface area contributed by atoms with Crippen LogP contribution < -0.4 is 10.6 Å². The van der Waals surface area contributed by atoms with Crippen LogP contribution in [-0.2, 0) is 4.79 Å². The number of carbonyl (C=O) groups is 2. The zero-order chi connectivity index (χ0) is 23.3. The van der Waals surface area contributed by atoms with Crippen LogP contribution in [0.1, 0.15) is 17.3 Å². The first kappa shape index (κ1) is 23.6. The van der Waals surface area contributed by atoms with Crippen molar-refractivity contribution in [3.05, 3.63) is 92.5 Å². The van der Waals surface area contributed by atoms with E-state index < -0.39 is 16.1 Å². The minimum atomic E-state index is -0.555. The van der Waals surface area contributed by atoms with Crippen molar-refractivity contribution in [1.82, 2.24) is 0 Å². The predicted octanol–water partition coefficient (Wildman–Crippen LogP) is 6.27. The molecule has 3 aromatic carbocycles. The quantitative estimate of drug-likeness (QED) is 0.231. The lowest BCUT2D eigenvalue weighted by molar-refractivity contribution is -0.384. The van der Waals surface area contributed by atoms with Gasteiger partial charge in [-0.15, -0.1) is 11.8 Å². The molecule has 2 N–H and O–H groups in total. The lowest BCUT2D eigenvalue weighted by Gasteiger charge is -2.13. The molecular formula is C22H17Cl2N3O4S. The number of nitro benzene ring substituents is 1. The SMILES string of the molecule is CC(Sc1ccc(NC(=O)c2cccc([N+](=O)[O-])c2)cc1)C(=O)Nc1cc(Cl)ccc1Cl. The summed E-state index contributed by atoms with van der Waals surface area (Å²) < 4.78 is 0. The van der Waals surface area contributed by atoms with E-state index in [4.69, 9.17) is 23.2 Å². The van der Waals surface area contributed by atoms with Crippen molar-refractivity contribution >= 4 is 63.8 Å². The summed E-state index contributed by atoms with van der Waals surface area (Å²) in [5.41, 5.74) is 0.989. The van der Waals surface area contributed by atoms with Crippen LogP contribution in [0.25, 0.3) is 0 Å². The fourth-order valence-corrected chi connectivity index (χ4v) is 3.87. The van der Waals surface area contributed by atoms with Gasteiger partial charge in [-0.3, -0.25) is 19.7 Å². The van der Waals surface area contributed by atoms with E-state index in [0.29, 0.717) is 21.4 Å². The van der Waals surface area contributed by atoms with Gasteiger partial charge in [0.15, 0.2) is 0 Å². The molecule has 7 nitrogen and oxygen atoms in total. The second kappa shape index (κ2) is 10.5. The standard InChI is InChI=1S/C22H17Cl2N3O4S/c1-13(21(28)26-20-12-15(23)5-10-19(20)24)32-18-8-6-16(7-9-18)25-22(29)14-3-2-4-17(11-14)27(30)31/h2-13H,1H3,(H,25,29)(H,26,28). The number of halogens is 2. The molecule has 0 fully saturated rings. The minimum absolute atomic E-state index is 0.157. The van der Waals surface area contributed by atoms with Gasteiger partial charge < -0.3 is 10.6 Å². The van der Waals surface area contributed by atoms with Gasteiger partial charge in [0.2, 0.25) is 5.91 Å². The lowest BCUT2D eigenvalue weighted by Crippen LogP contribution is -2.22. The van der Waals surface area contributed by atoms with Crippen molar-refractivity contribution in [1.29, 1.82) is 0 Å². The summed E-state index contributed by atoms with van der Waals surface area (Å²) in [7, 11) is 0. The fraction of sp³-hybridized carbons (Fsp3) is 0.0909. The Balaban J connectivity index is 1.59. The molecule has 2 amide bonds. The van der Waals surface area contributed by atoms with E-state index in [1.807, 2.05) is 0 Å². The van der Waals surface area contributed by atoms with Crippen LogP contribution in [0.2, 0.25) is 10.0 Å².